The van der Waals surface area contributed by atoms with E-state index in [1.807, 2.05) is 0 Å². The number of carbonyl (C=O) groups is 1. The van der Waals surface area contributed by atoms with Crippen molar-refractivity contribution in [3.63, 3.8) is 0 Å². The molecule has 0 aromatic heterocycles. The van der Waals surface area contributed by atoms with Crippen molar-refractivity contribution in [3.05, 3.63) is 29.2 Å². The quantitative estimate of drug-likeness (QED) is 0.793. The van der Waals surface area contributed by atoms with Crippen LogP contribution in [-0.2, 0) is 19.3 Å². The molecule has 1 rings (SSSR count). The number of hydrogen-bond donors (Lipinski definition) is 0. The van der Waals surface area contributed by atoms with Gasteiger partial charge in [-0.15, -0.1) is 4.36 Å². The summed E-state index contributed by atoms with van der Waals surface area (Å²) in [6, 6.07) is 5.87. The molecule has 0 aliphatic rings. The number of amides is 1. The highest BCUT2D eigenvalue weighted by atomic mass is 32.2. The van der Waals surface area contributed by atoms with Crippen molar-refractivity contribution in [3.8, 4) is 0 Å². The fourth-order valence-corrected chi connectivity index (χ4v) is 2.40. The Bertz CT molecular complexity index is 605. The van der Waals surface area contributed by atoms with Crippen LogP contribution in [0.1, 0.15) is 6.92 Å². The lowest BCUT2D eigenvalue weighted by Crippen LogP contribution is -2.06. The van der Waals surface area contributed by atoms with Crippen LogP contribution in [0.15, 0.2) is 33.5 Å². The van der Waals surface area contributed by atoms with Gasteiger partial charge in [-0.1, -0.05) is 6.07 Å². The number of hydrogen-bond acceptors (Lipinski definition) is 5. The van der Waals surface area contributed by atoms with Crippen molar-refractivity contribution in [2.24, 2.45) is 4.36 Å². The van der Waals surface area contributed by atoms with Gasteiger partial charge in [-0.05, 0) is 13.0 Å². The van der Waals surface area contributed by atoms with Gasteiger partial charge in [-0.2, -0.15) is 0 Å². The monoisotopic (exact) mass is 287 g/mol. The van der Waals surface area contributed by atoms with Crippen LogP contribution < -0.4 is 0 Å². The second kappa shape index (κ2) is 6.28. The average Bonchev–Trinajstić information content (AvgIpc) is 2.37. The standard InChI is InChI=1S/C11H15N2O5S/c1-4-18-11(14)12-19(3,16)10-7-5-6-9(8-10)13(15)17-2/h5-8H,4H2,1-3H3/q+1. The van der Waals surface area contributed by atoms with Gasteiger partial charge >= 0.3 is 11.8 Å². The molecule has 0 spiro atoms. The lowest BCUT2D eigenvalue weighted by Gasteiger charge is -2.03. The van der Waals surface area contributed by atoms with Gasteiger partial charge in [0.25, 0.3) is 4.92 Å². The first kappa shape index (κ1) is 15.1. The van der Waals surface area contributed by atoms with E-state index in [1.165, 1.54) is 37.6 Å². The molecule has 1 atom stereocenters. The Morgan fingerprint density at radius 2 is 2.16 bits per heavy atom. The Morgan fingerprint density at radius 3 is 2.74 bits per heavy atom. The average molecular weight is 287 g/mol. The maximum Gasteiger partial charge on any atom is 0.442 e. The number of carbonyl (C=O) groups excluding carboxylic acids is 1. The summed E-state index contributed by atoms with van der Waals surface area (Å²) in [7, 11) is -1.75. The predicted octanol–water partition coefficient (Wildman–Crippen LogP) is 2.27. The van der Waals surface area contributed by atoms with E-state index in [-0.39, 0.29) is 22.1 Å². The van der Waals surface area contributed by atoms with E-state index in [1.54, 1.807) is 6.92 Å². The van der Waals surface area contributed by atoms with Crippen LogP contribution in [0.2, 0.25) is 0 Å². The Kier molecular flexibility index (Phi) is 4.99. The molecule has 0 saturated carbocycles. The molecule has 8 heteroatoms. The van der Waals surface area contributed by atoms with Crippen molar-refractivity contribution < 1.29 is 23.5 Å². The maximum absolute atomic E-state index is 12.3. The van der Waals surface area contributed by atoms with Gasteiger partial charge in [0.05, 0.1) is 26.1 Å². The first-order valence-electron chi connectivity index (χ1n) is 5.41. The van der Waals surface area contributed by atoms with Crippen LogP contribution in [0.3, 0.4) is 0 Å². The normalized spacial score (nSPS) is 13.2. The highest BCUT2D eigenvalue weighted by Crippen LogP contribution is 2.19. The molecule has 0 N–H and O–H groups in total. The van der Waals surface area contributed by atoms with E-state index >= 15 is 0 Å². The van der Waals surface area contributed by atoms with Gasteiger partial charge in [0, 0.05) is 18.4 Å². The summed E-state index contributed by atoms with van der Waals surface area (Å²) >= 11 is 0. The molecule has 1 aromatic rings. The van der Waals surface area contributed by atoms with Crippen LogP contribution in [0.5, 0.6) is 0 Å². The van der Waals surface area contributed by atoms with Crippen molar-refractivity contribution in [2.45, 2.75) is 11.8 Å². The van der Waals surface area contributed by atoms with E-state index in [2.05, 4.69) is 13.9 Å². The zero-order valence-corrected chi connectivity index (χ0v) is 11.7. The second-order valence-electron chi connectivity index (χ2n) is 3.53. The van der Waals surface area contributed by atoms with Crippen LogP contribution in [-0.4, -0.2) is 35.2 Å². The van der Waals surface area contributed by atoms with Crippen molar-refractivity contribution in [2.75, 3.05) is 20.0 Å². The topological polar surface area (TPSA) is 85.0 Å². The lowest BCUT2D eigenvalue weighted by molar-refractivity contribution is -0.736. The van der Waals surface area contributed by atoms with Crippen LogP contribution >= 0.6 is 0 Å². The first-order valence-corrected chi connectivity index (χ1v) is 7.33. The maximum atomic E-state index is 12.3. The zero-order valence-electron chi connectivity index (χ0n) is 10.9. The Balaban J connectivity index is 3.18. The molecular weight excluding hydrogens is 272 g/mol. The fourth-order valence-electron chi connectivity index (χ4n) is 1.28. The van der Waals surface area contributed by atoms with Gasteiger partial charge in [-0.25, -0.2) is 13.8 Å². The summed E-state index contributed by atoms with van der Waals surface area (Å²) in [6.45, 7) is 1.77. The zero-order chi connectivity index (χ0) is 14.5. The first-order chi connectivity index (χ1) is 8.90. The number of ether oxygens (including phenoxy) is 1. The van der Waals surface area contributed by atoms with Gasteiger partial charge in [-0.3, -0.25) is 0 Å². The molecule has 0 aliphatic carbocycles. The van der Waals surface area contributed by atoms with Crippen LogP contribution in [0.4, 0.5) is 10.5 Å². The second-order valence-corrected chi connectivity index (χ2v) is 5.79. The third-order valence-electron chi connectivity index (χ3n) is 2.15. The Morgan fingerprint density at radius 1 is 1.47 bits per heavy atom. The molecule has 0 heterocycles. The highest BCUT2D eigenvalue weighted by Gasteiger charge is 2.18. The fraction of sp³-hybridized carbons (Fsp3) is 0.364. The summed E-state index contributed by atoms with van der Waals surface area (Å²) in [4.78, 5) is 27.5. The predicted molar refractivity (Wildman–Crippen MR) is 68.5 cm³/mol. The minimum absolute atomic E-state index is 0.149. The summed E-state index contributed by atoms with van der Waals surface area (Å²) in [5.74, 6) is 0. The Hall–Kier alpha value is -1.96. The van der Waals surface area contributed by atoms with E-state index in [4.69, 9.17) is 0 Å². The lowest BCUT2D eigenvalue weighted by atomic mass is 10.3. The van der Waals surface area contributed by atoms with E-state index in [0.29, 0.717) is 0 Å². The van der Waals surface area contributed by atoms with Crippen molar-refractivity contribution in [1.29, 1.82) is 0 Å². The molecule has 0 saturated heterocycles. The van der Waals surface area contributed by atoms with Gasteiger partial charge in [0.15, 0.2) is 7.11 Å². The van der Waals surface area contributed by atoms with Crippen LogP contribution in [0.25, 0.3) is 0 Å². The number of rotatable bonds is 4. The third kappa shape index (κ3) is 4.02. The minimum atomic E-state index is -2.97. The smallest absolute Gasteiger partial charge is 0.442 e. The van der Waals surface area contributed by atoms with Gasteiger partial charge in [0.1, 0.15) is 0 Å². The number of benzene rings is 1. The van der Waals surface area contributed by atoms with E-state index in [9.17, 15) is 13.9 Å². The molecule has 104 valence electrons. The largest absolute Gasteiger partial charge is 0.448 e. The summed E-state index contributed by atoms with van der Waals surface area (Å²) < 4.78 is 20.4. The molecule has 1 unspecified atom stereocenters. The molecule has 0 radical (unpaired) electrons. The molecule has 7 nitrogen and oxygen atoms in total. The minimum Gasteiger partial charge on any atom is -0.448 e. The molecule has 0 fully saturated rings. The molecule has 0 aliphatic heterocycles. The summed E-state index contributed by atoms with van der Waals surface area (Å²) in [5, 5.41) is 0. The SMILES string of the molecule is CCOC(=O)N=S(C)(=O)c1cccc([N+](=O)OC)c1. The molecule has 1 amide bonds. The molecule has 0 bridgehead atoms. The van der Waals surface area contributed by atoms with E-state index < -0.39 is 15.8 Å². The Labute approximate surface area is 111 Å². The summed E-state index contributed by atoms with van der Waals surface area (Å²) in [6.07, 6.45) is 0.399. The molecular formula is C11H15N2O5S+. The van der Waals surface area contributed by atoms with Crippen molar-refractivity contribution >= 4 is 21.5 Å². The molecule has 1 aromatic carbocycles. The van der Waals surface area contributed by atoms with E-state index in [0.717, 1.165) is 0 Å². The number of nitrogens with zero attached hydrogens (tertiary/aromatic N) is 2. The third-order valence-corrected chi connectivity index (χ3v) is 3.77. The molecule has 19 heavy (non-hydrogen) atoms. The summed E-state index contributed by atoms with van der Waals surface area (Å²) in [5.41, 5.74) is 0.161. The van der Waals surface area contributed by atoms with Crippen molar-refractivity contribution in [1.82, 2.24) is 0 Å². The van der Waals surface area contributed by atoms with Gasteiger partial charge in [0.2, 0.25) is 0 Å². The highest BCUT2D eigenvalue weighted by molar-refractivity contribution is 7.93. The van der Waals surface area contributed by atoms with Crippen LogP contribution in [0, 0.1) is 4.91 Å². The van der Waals surface area contributed by atoms with Gasteiger partial charge < -0.3 is 4.74 Å².